The van der Waals surface area contributed by atoms with Gasteiger partial charge in [-0.2, -0.15) is 0 Å². The molecule has 1 amide bonds. The Labute approximate surface area is 177 Å². The summed E-state index contributed by atoms with van der Waals surface area (Å²) in [5.74, 6) is 0.832. The van der Waals surface area contributed by atoms with Crippen LogP contribution in [0.4, 0.5) is 10.7 Å². The van der Waals surface area contributed by atoms with Gasteiger partial charge in [-0.25, -0.2) is 14.8 Å². The van der Waals surface area contributed by atoms with Crippen molar-refractivity contribution < 1.29 is 9.53 Å². The van der Waals surface area contributed by atoms with Gasteiger partial charge in [-0.05, 0) is 49.7 Å². The Hall–Kier alpha value is -2.89. The number of amides is 1. The molecule has 0 N–H and O–H groups in total. The molecule has 2 unspecified atom stereocenters. The molecule has 2 fully saturated rings. The van der Waals surface area contributed by atoms with E-state index in [0.29, 0.717) is 6.61 Å². The second kappa shape index (κ2) is 8.46. The van der Waals surface area contributed by atoms with E-state index in [2.05, 4.69) is 20.9 Å². The Morgan fingerprint density at radius 3 is 2.53 bits per heavy atom. The van der Waals surface area contributed by atoms with Gasteiger partial charge in [0, 0.05) is 37.1 Å². The molecule has 30 heavy (non-hydrogen) atoms. The second-order valence-electron chi connectivity index (χ2n) is 8.46. The van der Waals surface area contributed by atoms with E-state index in [-0.39, 0.29) is 18.2 Å². The summed E-state index contributed by atoms with van der Waals surface area (Å²) in [6, 6.07) is 10.1. The number of carbonyl (C=O) groups excluding carboxylic acids is 1. The van der Waals surface area contributed by atoms with E-state index in [1.54, 1.807) is 0 Å². The highest BCUT2D eigenvalue weighted by molar-refractivity contribution is 5.74. The van der Waals surface area contributed by atoms with Crippen LogP contribution in [0.2, 0.25) is 0 Å². The van der Waals surface area contributed by atoms with Crippen LogP contribution in [0.15, 0.2) is 48.8 Å². The number of ether oxygens (including phenoxy) is 1. The molecule has 0 radical (unpaired) electrons. The summed E-state index contributed by atoms with van der Waals surface area (Å²) < 4.78 is 5.65. The number of fused-ring (bicyclic) bond motifs is 2. The summed E-state index contributed by atoms with van der Waals surface area (Å²) in [6.07, 6.45) is 12.3. The molecule has 5 rings (SSSR count). The quantitative estimate of drug-likeness (QED) is 0.755. The Balaban J connectivity index is 1.29. The molecule has 3 aliphatic heterocycles. The van der Waals surface area contributed by atoms with E-state index in [1.165, 1.54) is 18.4 Å². The van der Waals surface area contributed by atoms with Gasteiger partial charge in [0.15, 0.2) is 0 Å². The Bertz CT molecular complexity index is 907. The average Bonchev–Trinajstić information content (AvgIpc) is 3.32. The number of anilines is 1. The molecule has 6 heteroatoms. The zero-order chi connectivity index (χ0) is 20.3. The number of piperidine rings is 1. The summed E-state index contributed by atoms with van der Waals surface area (Å²) in [7, 11) is 0. The van der Waals surface area contributed by atoms with Crippen LogP contribution in [0.1, 0.15) is 49.7 Å². The van der Waals surface area contributed by atoms with Crippen molar-refractivity contribution >= 4 is 17.6 Å². The molecule has 1 aromatic carbocycles. The lowest BCUT2D eigenvalue weighted by molar-refractivity contribution is 0.0510. The molecule has 2 atom stereocenters. The molecule has 4 heterocycles. The lowest BCUT2D eigenvalue weighted by atomic mass is 9.83. The third kappa shape index (κ3) is 3.91. The first-order valence-corrected chi connectivity index (χ1v) is 11.0. The van der Waals surface area contributed by atoms with E-state index >= 15 is 0 Å². The third-order valence-electron chi connectivity index (χ3n) is 6.45. The molecule has 6 nitrogen and oxygen atoms in total. The van der Waals surface area contributed by atoms with Gasteiger partial charge in [0.25, 0.3) is 0 Å². The standard InChI is InChI=1S/C24H28N4O2/c29-24(30-17-18-7-2-1-3-8-18)28-21-9-6-10-22(28)14-19(13-21)20-15-25-23(26-16-20)27-11-4-5-12-27/h1-3,7-8,13,15-16,21-22H,4-6,9-12,14,17H2. The number of hydrogen-bond acceptors (Lipinski definition) is 5. The Morgan fingerprint density at radius 2 is 1.80 bits per heavy atom. The van der Waals surface area contributed by atoms with E-state index in [0.717, 1.165) is 55.8 Å². The van der Waals surface area contributed by atoms with Crippen LogP contribution in [0.25, 0.3) is 5.57 Å². The Kier molecular flexibility index (Phi) is 5.39. The largest absolute Gasteiger partial charge is 0.445 e. The SMILES string of the molecule is O=C(OCc1ccccc1)N1C2C=C(c3cnc(N4CCCC4)nc3)CC1CCC2. The highest BCUT2D eigenvalue weighted by Crippen LogP contribution is 2.37. The fourth-order valence-corrected chi connectivity index (χ4v) is 4.89. The lowest BCUT2D eigenvalue weighted by Gasteiger charge is -2.44. The highest BCUT2D eigenvalue weighted by Gasteiger charge is 2.38. The first-order chi connectivity index (χ1) is 14.8. The summed E-state index contributed by atoms with van der Waals surface area (Å²) in [6.45, 7) is 2.41. The molecule has 0 aliphatic carbocycles. The van der Waals surface area contributed by atoms with Crippen LogP contribution in [0.3, 0.4) is 0 Å². The second-order valence-corrected chi connectivity index (χ2v) is 8.46. The van der Waals surface area contributed by atoms with Gasteiger partial charge >= 0.3 is 6.09 Å². The average molecular weight is 405 g/mol. The van der Waals surface area contributed by atoms with E-state index in [1.807, 2.05) is 47.6 Å². The van der Waals surface area contributed by atoms with Crippen molar-refractivity contribution in [1.29, 1.82) is 0 Å². The van der Waals surface area contributed by atoms with Crippen LogP contribution < -0.4 is 4.90 Å². The Morgan fingerprint density at radius 1 is 1.03 bits per heavy atom. The number of rotatable bonds is 4. The minimum atomic E-state index is -0.204. The summed E-state index contributed by atoms with van der Waals surface area (Å²) >= 11 is 0. The minimum absolute atomic E-state index is 0.0917. The number of carbonyl (C=O) groups is 1. The lowest BCUT2D eigenvalue weighted by Crippen LogP contribution is -2.51. The van der Waals surface area contributed by atoms with Crippen LogP contribution in [0, 0.1) is 0 Å². The molecule has 0 spiro atoms. The van der Waals surface area contributed by atoms with Crippen molar-refractivity contribution in [3.05, 3.63) is 59.9 Å². The van der Waals surface area contributed by atoms with Crippen molar-refractivity contribution in [3.63, 3.8) is 0 Å². The van der Waals surface area contributed by atoms with Crippen molar-refractivity contribution in [3.8, 4) is 0 Å². The summed E-state index contributed by atoms with van der Waals surface area (Å²) in [5, 5.41) is 0. The molecular formula is C24H28N4O2. The highest BCUT2D eigenvalue weighted by atomic mass is 16.6. The monoisotopic (exact) mass is 404 g/mol. The van der Waals surface area contributed by atoms with E-state index in [9.17, 15) is 4.79 Å². The van der Waals surface area contributed by atoms with Gasteiger partial charge < -0.3 is 9.64 Å². The summed E-state index contributed by atoms with van der Waals surface area (Å²) in [4.78, 5) is 26.3. The summed E-state index contributed by atoms with van der Waals surface area (Å²) in [5.41, 5.74) is 3.34. The predicted molar refractivity (Wildman–Crippen MR) is 116 cm³/mol. The van der Waals surface area contributed by atoms with Gasteiger partial charge in [-0.1, -0.05) is 36.4 Å². The first kappa shape index (κ1) is 19.1. The number of hydrogen-bond donors (Lipinski definition) is 0. The molecule has 156 valence electrons. The zero-order valence-corrected chi connectivity index (χ0v) is 17.2. The normalized spacial score (nSPS) is 23.3. The van der Waals surface area contributed by atoms with Crippen LogP contribution in [-0.4, -0.2) is 46.1 Å². The van der Waals surface area contributed by atoms with Crippen molar-refractivity contribution in [2.75, 3.05) is 18.0 Å². The van der Waals surface area contributed by atoms with Gasteiger partial charge in [0.1, 0.15) is 6.61 Å². The third-order valence-corrected chi connectivity index (χ3v) is 6.45. The number of benzene rings is 1. The number of aromatic nitrogens is 2. The molecule has 2 bridgehead atoms. The van der Waals surface area contributed by atoms with Crippen molar-refractivity contribution in [1.82, 2.24) is 14.9 Å². The fraction of sp³-hybridized carbons (Fsp3) is 0.458. The first-order valence-electron chi connectivity index (χ1n) is 11.0. The van der Waals surface area contributed by atoms with Crippen LogP contribution >= 0.6 is 0 Å². The van der Waals surface area contributed by atoms with Crippen molar-refractivity contribution in [2.24, 2.45) is 0 Å². The fourth-order valence-electron chi connectivity index (χ4n) is 4.89. The molecule has 2 saturated heterocycles. The van der Waals surface area contributed by atoms with Gasteiger partial charge in [0.2, 0.25) is 5.95 Å². The van der Waals surface area contributed by atoms with E-state index in [4.69, 9.17) is 4.74 Å². The number of nitrogens with zero attached hydrogens (tertiary/aromatic N) is 4. The molecule has 2 aromatic rings. The molecule has 3 aliphatic rings. The maximum atomic E-state index is 12.9. The molecule has 1 aromatic heterocycles. The molecule has 0 saturated carbocycles. The predicted octanol–water partition coefficient (Wildman–Crippen LogP) is 4.42. The molecular weight excluding hydrogens is 376 g/mol. The van der Waals surface area contributed by atoms with Gasteiger partial charge in [-0.3, -0.25) is 4.90 Å². The van der Waals surface area contributed by atoms with Crippen LogP contribution in [0.5, 0.6) is 0 Å². The van der Waals surface area contributed by atoms with Gasteiger partial charge in [0.05, 0.1) is 6.04 Å². The van der Waals surface area contributed by atoms with Crippen molar-refractivity contribution in [2.45, 2.75) is 57.2 Å². The maximum Gasteiger partial charge on any atom is 0.410 e. The smallest absolute Gasteiger partial charge is 0.410 e. The maximum absolute atomic E-state index is 12.9. The van der Waals surface area contributed by atoms with Gasteiger partial charge in [-0.15, -0.1) is 0 Å². The van der Waals surface area contributed by atoms with E-state index < -0.39 is 0 Å². The topological polar surface area (TPSA) is 58.6 Å². The van der Waals surface area contributed by atoms with Crippen LogP contribution in [-0.2, 0) is 11.3 Å². The zero-order valence-electron chi connectivity index (χ0n) is 17.2. The minimum Gasteiger partial charge on any atom is -0.445 e.